The average molecular weight is 227 g/mol. The highest BCUT2D eigenvalue weighted by molar-refractivity contribution is 5.84. The van der Waals surface area contributed by atoms with Gasteiger partial charge in [-0.05, 0) is 12.5 Å². The zero-order valence-corrected chi connectivity index (χ0v) is 9.15. The fraction of sp³-hybridized carbons (Fsp3) is 0.545. The van der Waals surface area contributed by atoms with Gasteiger partial charge in [0.15, 0.2) is 0 Å². The molecule has 1 aliphatic heterocycles. The molecule has 0 aliphatic carbocycles. The summed E-state index contributed by atoms with van der Waals surface area (Å²) in [7, 11) is 0. The topological polar surface area (TPSA) is 67.8 Å². The third-order valence-corrected chi connectivity index (χ3v) is 2.20. The Balaban J connectivity index is 2.60. The number of ether oxygens (including phenoxy) is 2. The first-order valence-electron chi connectivity index (χ1n) is 5.21. The standard InChI is InChI=1S/C11H17NO4/c1-2-5-11(15-8-4-9-16-11)10(14)12-6-3-7-13/h2-3,7,13H,1,4-6,8-9H2,(H,12,14)/b7-3+. The predicted octanol–water partition coefficient (Wildman–Crippen LogP) is 0.884. The van der Waals surface area contributed by atoms with Crippen molar-refractivity contribution in [1.82, 2.24) is 5.32 Å². The second-order valence-electron chi connectivity index (χ2n) is 3.39. The summed E-state index contributed by atoms with van der Waals surface area (Å²) in [5.41, 5.74) is 0. The summed E-state index contributed by atoms with van der Waals surface area (Å²) in [6.07, 6.45) is 4.97. The first kappa shape index (κ1) is 12.7. The van der Waals surface area contributed by atoms with Crippen molar-refractivity contribution in [3.05, 3.63) is 25.0 Å². The molecule has 0 atom stereocenters. The van der Waals surface area contributed by atoms with Crippen LogP contribution >= 0.6 is 0 Å². The van der Waals surface area contributed by atoms with Gasteiger partial charge < -0.3 is 19.9 Å². The number of aliphatic hydroxyl groups is 1. The van der Waals surface area contributed by atoms with Gasteiger partial charge in [-0.1, -0.05) is 6.08 Å². The van der Waals surface area contributed by atoms with Crippen LogP contribution in [0.4, 0.5) is 0 Å². The highest BCUT2D eigenvalue weighted by Gasteiger charge is 2.41. The largest absolute Gasteiger partial charge is 0.516 e. The Labute approximate surface area is 94.7 Å². The van der Waals surface area contributed by atoms with Crippen LogP contribution in [0.2, 0.25) is 0 Å². The molecular formula is C11H17NO4. The molecule has 1 fully saturated rings. The van der Waals surface area contributed by atoms with Crippen LogP contribution in [-0.2, 0) is 14.3 Å². The molecule has 0 bridgehead atoms. The Morgan fingerprint density at radius 1 is 1.50 bits per heavy atom. The summed E-state index contributed by atoms with van der Waals surface area (Å²) in [6.45, 7) is 4.82. The van der Waals surface area contributed by atoms with E-state index >= 15 is 0 Å². The van der Waals surface area contributed by atoms with Crippen LogP contribution < -0.4 is 5.32 Å². The van der Waals surface area contributed by atoms with Crippen LogP contribution in [0.15, 0.2) is 25.0 Å². The van der Waals surface area contributed by atoms with Gasteiger partial charge in [-0.2, -0.15) is 0 Å². The molecule has 5 heteroatoms. The van der Waals surface area contributed by atoms with Crippen molar-refractivity contribution < 1.29 is 19.4 Å². The summed E-state index contributed by atoms with van der Waals surface area (Å²) in [6, 6.07) is 0. The number of rotatable bonds is 5. The van der Waals surface area contributed by atoms with Crippen molar-refractivity contribution in [2.75, 3.05) is 19.8 Å². The van der Waals surface area contributed by atoms with Crippen LogP contribution in [0.25, 0.3) is 0 Å². The van der Waals surface area contributed by atoms with Gasteiger partial charge in [0.1, 0.15) is 0 Å². The minimum Gasteiger partial charge on any atom is -0.516 e. The number of hydrogen-bond donors (Lipinski definition) is 2. The number of carbonyl (C=O) groups is 1. The molecule has 0 radical (unpaired) electrons. The van der Waals surface area contributed by atoms with E-state index in [2.05, 4.69) is 11.9 Å². The number of aliphatic hydroxyl groups excluding tert-OH is 1. The second kappa shape index (κ2) is 6.30. The van der Waals surface area contributed by atoms with E-state index in [-0.39, 0.29) is 12.5 Å². The molecule has 0 saturated carbocycles. The van der Waals surface area contributed by atoms with Gasteiger partial charge in [0.05, 0.1) is 19.5 Å². The molecule has 1 heterocycles. The lowest BCUT2D eigenvalue weighted by atomic mass is 10.1. The lowest BCUT2D eigenvalue weighted by molar-refractivity contribution is -0.252. The summed E-state index contributed by atoms with van der Waals surface area (Å²) in [4.78, 5) is 11.9. The Bertz CT molecular complexity index is 269. The van der Waals surface area contributed by atoms with E-state index in [4.69, 9.17) is 14.6 Å². The fourth-order valence-corrected chi connectivity index (χ4v) is 1.45. The maximum Gasteiger partial charge on any atom is 0.280 e. The molecule has 0 unspecified atom stereocenters. The van der Waals surface area contributed by atoms with Gasteiger partial charge in [0.2, 0.25) is 0 Å². The molecule has 1 rings (SSSR count). The van der Waals surface area contributed by atoms with Crippen molar-refractivity contribution >= 4 is 5.91 Å². The van der Waals surface area contributed by atoms with E-state index in [1.54, 1.807) is 6.08 Å². The molecule has 16 heavy (non-hydrogen) atoms. The maximum atomic E-state index is 11.9. The zero-order chi connectivity index (χ0) is 11.9. The van der Waals surface area contributed by atoms with Gasteiger partial charge in [0, 0.05) is 13.0 Å². The van der Waals surface area contributed by atoms with Crippen molar-refractivity contribution in [2.45, 2.75) is 18.6 Å². The van der Waals surface area contributed by atoms with Crippen molar-refractivity contribution in [3.8, 4) is 0 Å². The van der Waals surface area contributed by atoms with Crippen molar-refractivity contribution in [3.63, 3.8) is 0 Å². The van der Waals surface area contributed by atoms with Crippen LogP contribution in [0, 0.1) is 0 Å². The smallest absolute Gasteiger partial charge is 0.280 e. The van der Waals surface area contributed by atoms with Crippen molar-refractivity contribution in [2.24, 2.45) is 0 Å². The molecule has 0 aromatic heterocycles. The average Bonchev–Trinajstić information content (AvgIpc) is 2.31. The van der Waals surface area contributed by atoms with Crippen LogP contribution in [0.3, 0.4) is 0 Å². The monoisotopic (exact) mass is 227 g/mol. The van der Waals surface area contributed by atoms with E-state index in [0.717, 1.165) is 12.7 Å². The lowest BCUT2D eigenvalue weighted by Crippen LogP contribution is -2.53. The molecule has 1 amide bonds. The molecule has 1 aliphatic rings. The van der Waals surface area contributed by atoms with Crippen LogP contribution in [0.1, 0.15) is 12.8 Å². The summed E-state index contributed by atoms with van der Waals surface area (Å²) in [5, 5.41) is 11.0. The quantitative estimate of drug-likeness (QED) is 0.540. The minimum absolute atomic E-state index is 0.237. The van der Waals surface area contributed by atoms with Crippen LogP contribution in [-0.4, -0.2) is 36.6 Å². The fourth-order valence-electron chi connectivity index (χ4n) is 1.45. The van der Waals surface area contributed by atoms with E-state index < -0.39 is 5.79 Å². The minimum atomic E-state index is -1.25. The Kier molecular flexibility index (Phi) is 5.01. The molecule has 0 spiro atoms. The van der Waals surface area contributed by atoms with E-state index in [9.17, 15) is 4.79 Å². The van der Waals surface area contributed by atoms with Crippen LogP contribution in [0.5, 0.6) is 0 Å². The van der Waals surface area contributed by atoms with Gasteiger partial charge in [0.25, 0.3) is 11.7 Å². The molecule has 5 nitrogen and oxygen atoms in total. The van der Waals surface area contributed by atoms with Gasteiger partial charge in [-0.25, -0.2) is 0 Å². The first-order chi connectivity index (χ1) is 7.75. The first-order valence-corrected chi connectivity index (χ1v) is 5.21. The second-order valence-corrected chi connectivity index (χ2v) is 3.39. The summed E-state index contributed by atoms with van der Waals surface area (Å²) >= 11 is 0. The Hall–Kier alpha value is -1.33. The highest BCUT2D eigenvalue weighted by atomic mass is 16.7. The molecule has 1 saturated heterocycles. The zero-order valence-electron chi connectivity index (χ0n) is 9.15. The third kappa shape index (κ3) is 3.08. The molecule has 2 N–H and O–H groups in total. The number of nitrogens with one attached hydrogen (secondary N) is 1. The number of carbonyl (C=O) groups excluding carboxylic acids is 1. The predicted molar refractivity (Wildman–Crippen MR) is 58.8 cm³/mol. The van der Waals surface area contributed by atoms with Gasteiger partial charge in [-0.15, -0.1) is 6.58 Å². The highest BCUT2D eigenvalue weighted by Crippen LogP contribution is 2.23. The Morgan fingerprint density at radius 2 is 2.19 bits per heavy atom. The van der Waals surface area contributed by atoms with E-state index in [1.807, 2.05) is 0 Å². The Morgan fingerprint density at radius 3 is 2.75 bits per heavy atom. The lowest BCUT2D eigenvalue weighted by Gasteiger charge is -2.34. The van der Waals surface area contributed by atoms with E-state index in [0.29, 0.717) is 19.6 Å². The summed E-state index contributed by atoms with van der Waals surface area (Å²) in [5.74, 6) is -1.59. The third-order valence-electron chi connectivity index (χ3n) is 2.20. The molecule has 90 valence electrons. The number of hydrogen-bond acceptors (Lipinski definition) is 4. The van der Waals surface area contributed by atoms with Gasteiger partial charge >= 0.3 is 0 Å². The SMILES string of the molecule is C=CCC1(C(=O)NC/C=C/O)OCCCO1. The molecule has 0 aromatic carbocycles. The molecule has 0 aromatic rings. The molecular weight excluding hydrogens is 210 g/mol. The summed E-state index contributed by atoms with van der Waals surface area (Å²) < 4.78 is 10.8. The normalized spacial score (nSPS) is 19.5. The van der Waals surface area contributed by atoms with Gasteiger partial charge in [-0.3, -0.25) is 4.79 Å². The number of amides is 1. The maximum absolute atomic E-state index is 11.9. The van der Waals surface area contributed by atoms with Crippen molar-refractivity contribution in [1.29, 1.82) is 0 Å². The van der Waals surface area contributed by atoms with E-state index in [1.165, 1.54) is 6.08 Å².